The summed E-state index contributed by atoms with van der Waals surface area (Å²) in [5, 5.41) is 23.5. The van der Waals surface area contributed by atoms with E-state index in [2.05, 4.69) is 229 Å². The van der Waals surface area contributed by atoms with Crippen LogP contribution in [0.2, 0.25) is 0 Å². The highest BCUT2D eigenvalue weighted by molar-refractivity contribution is 14.1. The number of aromatic nitrogens is 7. The molecule has 0 saturated carbocycles. The van der Waals surface area contributed by atoms with Crippen LogP contribution in [-0.2, 0) is 6.42 Å². The Kier molecular flexibility index (Phi) is 16.2. The Morgan fingerprint density at radius 2 is 0.818 bits per heavy atom. The molecule has 0 atom stereocenters. The predicted octanol–water partition coefficient (Wildman–Crippen LogP) is 19.8. The van der Waals surface area contributed by atoms with Gasteiger partial charge in [-0.25, -0.2) is 29.9 Å². The van der Waals surface area contributed by atoms with Crippen molar-refractivity contribution in [3.63, 3.8) is 0 Å². The van der Waals surface area contributed by atoms with Crippen molar-refractivity contribution in [2.24, 2.45) is 0 Å². The zero-order valence-corrected chi connectivity index (χ0v) is 59.6. The number of nitriles is 2. The van der Waals surface area contributed by atoms with Crippen molar-refractivity contribution in [3.8, 4) is 97.3 Å². The standard InChI is InChI=1S/C84H53BI3N11/c1-2-3-18-51-37-61(86)46-64(38-51)97-74-39-52(49-89)29-33-69(74)85-70-34-30-53(50-90)40-75(70)98(65-47-62(87)45-63(88)48-65)77-44-60(43-76(97)78(77)85)58-31-35-72-67(41-58)66-27-16-17-28-71(66)99(72)73-36-32-59(83-93-79(54-19-8-4-9-20-54)91-80(94-83)55-21-10-5-11-22-55)42-68(73)84-95-81(56-23-12-6-13-24-56)92-82(96-84)57-25-14-7-15-26-57/h4-17,19-48H,2-3,18H2,1H3. The second-order valence-corrected chi connectivity index (χ2v) is 28.5. The summed E-state index contributed by atoms with van der Waals surface area (Å²) in [6.45, 7) is 1.99. The number of hydrogen-bond donors (Lipinski definition) is 0. The molecule has 468 valence electrons. The molecule has 11 nitrogen and oxygen atoms in total. The molecular weight excluding hydrogens is 1550 g/mol. The van der Waals surface area contributed by atoms with E-state index < -0.39 is 0 Å². The first kappa shape index (κ1) is 61.9. The Morgan fingerprint density at radius 1 is 0.364 bits per heavy atom. The molecule has 0 fully saturated rings. The number of fused-ring (bicyclic) bond motifs is 7. The highest BCUT2D eigenvalue weighted by atomic mass is 127. The molecule has 2 aliphatic rings. The van der Waals surface area contributed by atoms with E-state index in [0.29, 0.717) is 46.1 Å². The number of benzene rings is 12. The Hall–Kier alpha value is -10.7. The van der Waals surface area contributed by atoms with Crippen molar-refractivity contribution >= 4 is 147 Å². The SMILES string of the molecule is CCCCc1cc(I)cc(N2c3cc(C#N)ccc3B3c4ccc(C#N)cc4N(c4cc(I)cc(I)c4)c4cc(-c5ccc6c(c5)c5ccccc5n6-c5ccc(-c6nc(-c7ccccc7)nc(-c7ccccc7)n6)cc5-c5nc(-c6ccccc6)nc(-c6ccccc6)n5)cc2c43)c1. The lowest BCUT2D eigenvalue weighted by molar-refractivity contribution is 0.794. The predicted molar refractivity (Wildman–Crippen MR) is 426 cm³/mol. The van der Waals surface area contributed by atoms with Crippen molar-refractivity contribution in [2.75, 3.05) is 9.80 Å². The number of hydrogen-bond acceptors (Lipinski definition) is 10. The average molecular weight is 1610 g/mol. The molecule has 5 heterocycles. The van der Waals surface area contributed by atoms with E-state index in [-0.39, 0.29) is 6.71 Å². The lowest BCUT2D eigenvalue weighted by Crippen LogP contribution is -2.61. The summed E-state index contributed by atoms with van der Waals surface area (Å²) < 4.78 is 5.66. The van der Waals surface area contributed by atoms with Crippen molar-refractivity contribution in [1.82, 2.24) is 34.5 Å². The fraction of sp³-hybridized carbons (Fsp3) is 0.0476. The number of halogens is 3. The van der Waals surface area contributed by atoms with Crippen LogP contribution in [0.4, 0.5) is 34.1 Å². The smallest absolute Gasteiger partial charge is 0.252 e. The van der Waals surface area contributed by atoms with Gasteiger partial charge in [0.15, 0.2) is 34.9 Å². The monoisotopic (exact) mass is 1610 g/mol. The zero-order chi connectivity index (χ0) is 66.8. The maximum Gasteiger partial charge on any atom is 0.252 e. The summed E-state index contributed by atoms with van der Waals surface area (Å²) in [4.78, 5) is 36.3. The first-order valence-electron chi connectivity index (χ1n) is 32.7. The van der Waals surface area contributed by atoms with Gasteiger partial charge < -0.3 is 14.4 Å². The van der Waals surface area contributed by atoms with Crippen LogP contribution in [-0.4, -0.2) is 41.2 Å². The van der Waals surface area contributed by atoms with Gasteiger partial charge in [-0.1, -0.05) is 171 Å². The van der Waals surface area contributed by atoms with Gasteiger partial charge in [0.25, 0.3) is 6.71 Å². The minimum atomic E-state index is -0.244. The fourth-order valence-electron chi connectivity index (χ4n) is 14.1. The van der Waals surface area contributed by atoms with Crippen molar-refractivity contribution < 1.29 is 0 Å². The summed E-state index contributed by atoms with van der Waals surface area (Å²) >= 11 is 7.32. The van der Waals surface area contributed by atoms with E-state index in [0.717, 1.165) is 152 Å². The third kappa shape index (κ3) is 11.4. The lowest BCUT2D eigenvalue weighted by Gasteiger charge is -2.44. The number of aryl methyl sites for hydroxylation is 1. The van der Waals surface area contributed by atoms with Crippen LogP contribution in [0.25, 0.3) is 107 Å². The summed E-state index contributed by atoms with van der Waals surface area (Å²) in [6, 6.07) is 97.6. The largest absolute Gasteiger partial charge is 0.311 e. The quantitative estimate of drug-likeness (QED) is 0.0810. The van der Waals surface area contributed by atoms with Gasteiger partial charge >= 0.3 is 0 Å². The average Bonchev–Trinajstić information content (AvgIpc) is 1.16. The van der Waals surface area contributed by atoms with E-state index in [1.165, 1.54) is 5.56 Å². The van der Waals surface area contributed by atoms with Crippen molar-refractivity contribution in [1.29, 1.82) is 10.5 Å². The van der Waals surface area contributed by atoms with Crippen LogP contribution in [0.1, 0.15) is 36.5 Å². The lowest BCUT2D eigenvalue weighted by atomic mass is 9.33. The zero-order valence-electron chi connectivity index (χ0n) is 53.2. The van der Waals surface area contributed by atoms with Crippen LogP contribution in [0.5, 0.6) is 0 Å². The van der Waals surface area contributed by atoms with E-state index in [1.54, 1.807) is 0 Å². The van der Waals surface area contributed by atoms with Crippen LogP contribution >= 0.6 is 67.8 Å². The normalized spacial score (nSPS) is 12.1. The molecular formula is C84H53BI3N11. The van der Waals surface area contributed by atoms with E-state index in [9.17, 15) is 10.5 Å². The first-order valence-corrected chi connectivity index (χ1v) is 35.9. The van der Waals surface area contributed by atoms with Gasteiger partial charge in [0.1, 0.15) is 0 Å². The molecule has 15 aromatic rings. The molecule has 0 saturated heterocycles. The second kappa shape index (κ2) is 25.9. The summed E-state index contributed by atoms with van der Waals surface area (Å²) in [5.41, 5.74) is 21.3. The summed E-state index contributed by atoms with van der Waals surface area (Å²) in [6.07, 6.45) is 3.08. The third-order valence-electron chi connectivity index (χ3n) is 18.6. The van der Waals surface area contributed by atoms with Gasteiger partial charge in [-0.3, -0.25) is 0 Å². The molecule has 0 unspecified atom stereocenters. The van der Waals surface area contributed by atoms with Gasteiger partial charge in [0.2, 0.25) is 0 Å². The summed E-state index contributed by atoms with van der Waals surface area (Å²) in [5.74, 6) is 3.14. The molecule has 0 spiro atoms. The topological polar surface area (TPSA) is 136 Å². The molecule has 17 rings (SSSR count). The molecule has 99 heavy (non-hydrogen) atoms. The van der Waals surface area contributed by atoms with Crippen molar-refractivity contribution in [2.45, 2.75) is 26.2 Å². The van der Waals surface area contributed by atoms with Gasteiger partial charge in [0, 0.05) is 89.0 Å². The Balaban J connectivity index is 0.919. The molecule has 12 aromatic carbocycles. The second-order valence-electron chi connectivity index (χ2n) is 24.7. The molecule has 0 bridgehead atoms. The fourth-order valence-corrected chi connectivity index (χ4v) is 16.8. The Bertz CT molecular complexity index is 5700. The first-order chi connectivity index (χ1) is 48.6. The minimum absolute atomic E-state index is 0.244. The van der Waals surface area contributed by atoms with E-state index >= 15 is 0 Å². The van der Waals surface area contributed by atoms with Gasteiger partial charge in [-0.15, -0.1) is 0 Å². The molecule has 2 aliphatic heterocycles. The maximum absolute atomic E-state index is 10.7. The molecule has 15 heteroatoms. The number of anilines is 6. The Labute approximate surface area is 613 Å². The van der Waals surface area contributed by atoms with Crippen LogP contribution in [0.3, 0.4) is 0 Å². The van der Waals surface area contributed by atoms with Crippen molar-refractivity contribution in [3.05, 3.63) is 294 Å². The molecule has 0 amide bonds. The van der Waals surface area contributed by atoms with Gasteiger partial charge in [-0.2, -0.15) is 10.5 Å². The Morgan fingerprint density at radius 3 is 1.33 bits per heavy atom. The van der Waals surface area contributed by atoms with Crippen LogP contribution in [0.15, 0.2) is 267 Å². The molecule has 0 aliphatic carbocycles. The van der Waals surface area contributed by atoms with Gasteiger partial charge in [0.05, 0.1) is 40.0 Å². The third-order valence-corrected chi connectivity index (χ3v) is 20.5. The van der Waals surface area contributed by atoms with Crippen LogP contribution < -0.4 is 26.2 Å². The maximum atomic E-state index is 10.7. The van der Waals surface area contributed by atoms with E-state index in [4.69, 9.17) is 29.9 Å². The molecule has 3 aromatic heterocycles. The highest BCUT2D eigenvalue weighted by Gasteiger charge is 2.44. The highest BCUT2D eigenvalue weighted by Crippen LogP contribution is 2.49. The van der Waals surface area contributed by atoms with Gasteiger partial charge in [-0.05, 0) is 223 Å². The summed E-state index contributed by atoms with van der Waals surface area (Å²) in [7, 11) is 0. The number of para-hydroxylation sites is 1. The molecule has 0 N–H and O–H groups in total. The van der Waals surface area contributed by atoms with E-state index in [1.807, 2.05) is 140 Å². The number of nitrogens with zero attached hydrogens (tertiary/aromatic N) is 11. The number of unbranched alkanes of at least 4 members (excludes halogenated alkanes) is 1. The minimum Gasteiger partial charge on any atom is -0.311 e. The van der Waals surface area contributed by atoms with Crippen LogP contribution in [0, 0.1) is 33.4 Å². The molecule has 0 radical (unpaired) electrons. The number of rotatable bonds is 13.